The molecule has 0 bridgehead atoms. The molecule has 0 spiro atoms. The number of amides is 1. The van der Waals surface area contributed by atoms with Crippen LogP contribution in [0.15, 0.2) is 48.5 Å². The van der Waals surface area contributed by atoms with Crippen molar-refractivity contribution in [2.75, 3.05) is 18.9 Å². The highest BCUT2D eigenvalue weighted by molar-refractivity contribution is 6.33. The fourth-order valence-corrected chi connectivity index (χ4v) is 2.10. The molecule has 19 heavy (non-hydrogen) atoms. The molecule has 0 fully saturated rings. The van der Waals surface area contributed by atoms with Gasteiger partial charge in [-0.15, -0.1) is 0 Å². The topological polar surface area (TPSA) is 41.1 Å². The third-order valence-electron chi connectivity index (χ3n) is 2.67. The molecule has 0 aromatic heterocycles. The van der Waals surface area contributed by atoms with Gasteiger partial charge in [-0.3, -0.25) is 4.79 Å². The van der Waals surface area contributed by atoms with Crippen LogP contribution in [-0.4, -0.2) is 19.5 Å². The maximum absolute atomic E-state index is 11.5. The van der Waals surface area contributed by atoms with Gasteiger partial charge in [0.05, 0.1) is 11.6 Å². The Hall–Kier alpha value is -1.84. The number of benzene rings is 2. The standard InChI is InChI=1S/C15H15ClN2O/c1-17-10-15(19)18-12-7-8-13(14(16)9-12)11-5-3-2-4-6-11/h2-9,17H,10H2,1H3,(H,18,19). The maximum Gasteiger partial charge on any atom is 0.238 e. The lowest BCUT2D eigenvalue weighted by atomic mass is 10.1. The van der Waals surface area contributed by atoms with Crippen molar-refractivity contribution in [1.82, 2.24) is 5.32 Å². The molecule has 1 amide bonds. The van der Waals surface area contributed by atoms with E-state index in [2.05, 4.69) is 10.6 Å². The van der Waals surface area contributed by atoms with E-state index >= 15 is 0 Å². The van der Waals surface area contributed by atoms with E-state index < -0.39 is 0 Å². The van der Waals surface area contributed by atoms with Gasteiger partial charge in [0.25, 0.3) is 0 Å². The van der Waals surface area contributed by atoms with E-state index in [9.17, 15) is 4.79 Å². The summed E-state index contributed by atoms with van der Waals surface area (Å²) in [5.41, 5.74) is 2.71. The van der Waals surface area contributed by atoms with Crippen LogP contribution in [0.25, 0.3) is 11.1 Å². The molecule has 0 atom stereocenters. The molecule has 0 saturated heterocycles. The number of carbonyl (C=O) groups is 1. The van der Waals surface area contributed by atoms with Crippen LogP contribution in [0.5, 0.6) is 0 Å². The molecule has 2 N–H and O–H groups in total. The molecule has 4 heteroatoms. The van der Waals surface area contributed by atoms with Gasteiger partial charge in [-0.25, -0.2) is 0 Å². The first-order chi connectivity index (χ1) is 9.20. The minimum atomic E-state index is -0.0916. The lowest BCUT2D eigenvalue weighted by Crippen LogP contribution is -2.24. The van der Waals surface area contributed by atoms with Crippen molar-refractivity contribution in [1.29, 1.82) is 0 Å². The first-order valence-electron chi connectivity index (χ1n) is 6.00. The van der Waals surface area contributed by atoms with Crippen LogP contribution in [0.4, 0.5) is 5.69 Å². The zero-order valence-electron chi connectivity index (χ0n) is 10.6. The second kappa shape index (κ2) is 6.36. The Labute approximate surface area is 117 Å². The molecule has 0 aliphatic carbocycles. The highest BCUT2D eigenvalue weighted by Gasteiger charge is 2.06. The van der Waals surface area contributed by atoms with E-state index in [-0.39, 0.29) is 12.5 Å². The van der Waals surface area contributed by atoms with Crippen molar-refractivity contribution in [3.8, 4) is 11.1 Å². The van der Waals surface area contributed by atoms with Crippen LogP contribution in [0.2, 0.25) is 5.02 Å². The Morgan fingerprint density at radius 3 is 2.53 bits per heavy atom. The third-order valence-corrected chi connectivity index (χ3v) is 2.99. The Morgan fingerprint density at radius 2 is 1.89 bits per heavy atom. The number of hydrogen-bond donors (Lipinski definition) is 2. The monoisotopic (exact) mass is 274 g/mol. The number of anilines is 1. The second-order valence-corrected chi connectivity index (χ2v) is 4.55. The molecular weight excluding hydrogens is 260 g/mol. The number of halogens is 1. The minimum Gasteiger partial charge on any atom is -0.325 e. The second-order valence-electron chi connectivity index (χ2n) is 4.14. The summed E-state index contributed by atoms with van der Waals surface area (Å²) in [6, 6.07) is 15.4. The van der Waals surface area contributed by atoms with E-state index in [1.807, 2.05) is 42.5 Å². The molecule has 98 valence electrons. The van der Waals surface area contributed by atoms with Crippen molar-refractivity contribution in [3.63, 3.8) is 0 Å². The van der Waals surface area contributed by atoms with E-state index in [0.717, 1.165) is 11.1 Å². The summed E-state index contributed by atoms with van der Waals surface area (Å²) in [5, 5.41) is 6.19. The largest absolute Gasteiger partial charge is 0.325 e. The van der Waals surface area contributed by atoms with E-state index in [4.69, 9.17) is 11.6 Å². The number of carbonyl (C=O) groups excluding carboxylic acids is 1. The minimum absolute atomic E-state index is 0.0916. The van der Waals surface area contributed by atoms with Gasteiger partial charge in [0.1, 0.15) is 0 Å². The van der Waals surface area contributed by atoms with Crippen molar-refractivity contribution in [3.05, 3.63) is 53.6 Å². The summed E-state index contributed by atoms with van der Waals surface area (Å²) in [6.07, 6.45) is 0. The van der Waals surface area contributed by atoms with Crippen LogP contribution in [0, 0.1) is 0 Å². The highest BCUT2D eigenvalue weighted by atomic mass is 35.5. The van der Waals surface area contributed by atoms with Gasteiger partial charge in [0.2, 0.25) is 5.91 Å². The van der Waals surface area contributed by atoms with Gasteiger partial charge in [0.15, 0.2) is 0 Å². The fourth-order valence-electron chi connectivity index (χ4n) is 1.81. The third kappa shape index (κ3) is 3.56. The van der Waals surface area contributed by atoms with Crippen molar-refractivity contribution < 1.29 is 4.79 Å². The van der Waals surface area contributed by atoms with Crippen LogP contribution < -0.4 is 10.6 Å². The summed E-state index contributed by atoms with van der Waals surface area (Å²) in [6.45, 7) is 0.276. The summed E-state index contributed by atoms with van der Waals surface area (Å²) in [5.74, 6) is -0.0916. The molecule has 0 aliphatic rings. The lowest BCUT2D eigenvalue weighted by Gasteiger charge is -2.09. The molecule has 0 heterocycles. The van der Waals surface area contributed by atoms with Gasteiger partial charge >= 0.3 is 0 Å². The SMILES string of the molecule is CNCC(=O)Nc1ccc(-c2ccccc2)c(Cl)c1. The predicted molar refractivity (Wildman–Crippen MR) is 79.4 cm³/mol. The number of rotatable bonds is 4. The number of nitrogens with one attached hydrogen (secondary N) is 2. The average molecular weight is 275 g/mol. The molecule has 0 radical (unpaired) electrons. The zero-order chi connectivity index (χ0) is 13.7. The summed E-state index contributed by atoms with van der Waals surface area (Å²) in [4.78, 5) is 11.5. The molecular formula is C15H15ClN2O. The van der Waals surface area contributed by atoms with Crippen LogP contribution in [0.3, 0.4) is 0 Å². The Kier molecular flexibility index (Phi) is 4.55. The average Bonchev–Trinajstić information content (AvgIpc) is 2.40. The maximum atomic E-state index is 11.5. The summed E-state index contributed by atoms with van der Waals surface area (Å²) < 4.78 is 0. The number of hydrogen-bond acceptors (Lipinski definition) is 2. The van der Waals surface area contributed by atoms with E-state index in [1.54, 1.807) is 13.1 Å². The quantitative estimate of drug-likeness (QED) is 0.899. The Morgan fingerprint density at radius 1 is 1.16 bits per heavy atom. The van der Waals surface area contributed by atoms with Gasteiger partial charge in [-0.2, -0.15) is 0 Å². The smallest absolute Gasteiger partial charge is 0.238 e. The number of likely N-dealkylation sites (N-methyl/N-ethyl adjacent to an activating group) is 1. The van der Waals surface area contributed by atoms with Crippen LogP contribution in [-0.2, 0) is 4.79 Å². The Balaban J connectivity index is 2.20. The zero-order valence-corrected chi connectivity index (χ0v) is 11.4. The highest BCUT2D eigenvalue weighted by Crippen LogP contribution is 2.30. The molecule has 0 aliphatic heterocycles. The van der Waals surface area contributed by atoms with Gasteiger partial charge in [0, 0.05) is 11.3 Å². The summed E-state index contributed by atoms with van der Waals surface area (Å²) in [7, 11) is 1.73. The molecule has 3 nitrogen and oxygen atoms in total. The molecule has 2 rings (SSSR count). The van der Waals surface area contributed by atoms with Crippen molar-refractivity contribution in [2.24, 2.45) is 0 Å². The summed E-state index contributed by atoms with van der Waals surface area (Å²) >= 11 is 6.26. The predicted octanol–water partition coefficient (Wildman–Crippen LogP) is 3.16. The molecule has 2 aromatic carbocycles. The van der Waals surface area contributed by atoms with Crippen molar-refractivity contribution >= 4 is 23.2 Å². The van der Waals surface area contributed by atoms with E-state index in [1.165, 1.54) is 0 Å². The van der Waals surface area contributed by atoms with Gasteiger partial charge in [-0.05, 0) is 24.7 Å². The molecule has 0 unspecified atom stereocenters. The first-order valence-corrected chi connectivity index (χ1v) is 6.38. The van der Waals surface area contributed by atoms with E-state index in [0.29, 0.717) is 10.7 Å². The van der Waals surface area contributed by atoms with Crippen molar-refractivity contribution in [2.45, 2.75) is 0 Å². The fraction of sp³-hybridized carbons (Fsp3) is 0.133. The van der Waals surface area contributed by atoms with Crippen LogP contribution in [0.1, 0.15) is 0 Å². The van der Waals surface area contributed by atoms with Crippen LogP contribution >= 0.6 is 11.6 Å². The lowest BCUT2D eigenvalue weighted by molar-refractivity contribution is -0.115. The Bertz CT molecular complexity index is 570. The molecule has 2 aromatic rings. The van der Waals surface area contributed by atoms with Gasteiger partial charge < -0.3 is 10.6 Å². The first kappa shape index (κ1) is 13.6. The normalized spacial score (nSPS) is 10.2. The van der Waals surface area contributed by atoms with Gasteiger partial charge in [-0.1, -0.05) is 48.0 Å². The molecule has 0 saturated carbocycles.